The second-order valence-electron chi connectivity index (χ2n) is 7.10. The highest BCUT2D eigenvalue weighted by molar-refractivity contribution is 5.79. The zero-order valence-electron chi connectivity index (χ0n) is 15.1. The predicted molar refractivity (Wildman–Crippen MR) is 97.0 cm³/mol. The van der Waals surface area contributed by atoms with Gasteiger partial charge in [0.25, 0.3) is 0 Å². The molecule has 0 spiro atoms. The first kappa shape index (κ1) is 17.6. The number of hydrogen-bond acceptors (Lipinski definition) is 6. The van der Waals surface area contributed by atoms with E-state index in [4.69, 9.17) is 0 Å². The van der Waals surface area contributed by atoms with Crippen molar-refractivity contribution in [1.82, 2.24) is 35.3 Å². The van der Waals surface area contributed by atoms with Gasteiger partial charge in [-0.2, -0.15) is 0 Å². The number of carbonyl (C=O) groups excluding carboxylic acids is 2. The van der Waals surface area contributed by atoms with Crippen molar-refractivity contribution in [3.05, 3.63) is 36.2 Å². The number of carbonyl (C=O) groups is 2. The van der Waals surface area contributed by atoms with Crippen molar-refractivity contribution >= 4 is 11.8 Å². The molecule has 2 amide bonds. The zero-order valence-corrected chi connectivity index (χ0v) is 15.1. The molecule has 9 nitrogen and oxygen atoms in total. The van der Waals surface area contributed by atoms with Crippen molar-refractivity contribution in [3.63, 3.8) is 0 Å². The van der Waals surface area contributed by atoms with Crippen molar-refractivity contribution in [2.45, 2.75) is 25.3 Å². The Hall–Kier alpha value is -2.81. The van der Waals surface area contributed by atoms with E-state index in [0.29, 0.717) is 32.1 Å². The Labute approximate surface area is 157 Å². The number of nitrogens with one attached hydrogen (secondary N) is 1. The minimum absolute atomic E-state index is 0.0972. The van der Waals surface area contributed by atoms with E-state index < -0.39 is 0 Å². The largest absolute Gasteiger partial charge is 0.352 e. The first-order valence-electron chi connectivity index (χ1n) is 9.29. The van der Waals surface area contributed by atoms with Gasteiger partial charge in [0.2, 0.25) is 11.8 Å². The van der Waals surface area contributed by atoms with Crippen molar-refractivity contribution in [3.8, 4) is 5.69 Å². The average Bonchev–Trinajstić information content (AvgIpc) is 3.31. The molecule has 2 aromatic rings. The summed E-state index contributed by atoms with van der Waals surface area (Å²) in [4.78, 5) is 28.4. The lowest BCUT2D eigenvalue weighted by Crippen LogP contribution is -2.51. The van der Waals surface area contributed by atoms with Gasteiger partial charge < -0.3 is 10.2 Å². The molecule has 0 radical (unpaired) electrons. The zero-order chi connectivity index (χ0) is 18.6. The van der Waals surface area contributed by atoms with Crippen molar-refractivity contribution < 1.29 is 9.59 Å². The third-order valence-corrected chi connectivity index (χ3v) is 4.94. The van der Waals surface area contributed by atoms with Crippen LogP contribution in [-0.2, 0) is 16.0 Å². The van der Waals surface area contributed by atoms with E-state index in [1.54, 1.807) is 4.68 Å². The third kappa shape index (κ3) is 4.68. The van der Waals surface area contributed by atoms with Crippen LogP contribution in [0.5, 0.6) is 0 Å². The molecule has 0 bridgehead atoms. The molecule has 9 heteroatoms. The average molecular weight is 369 g/mol. The topological polar surface area (TPSA) is 96.3 Å². The van der Waals surface area contributed by atoms with Gasteiger partial charge in [-0.15, -0.1) is 5.10 Å². The molecule has 1 N–H and O–H groups in total. The first-order valence-corrected chi connectivity index (χ1v) is 9.29. The van der Waals surface area contributed by atoms with E-state index in [-0.39, 0.29) is 11.8 Å². The normalized spacial score (nSPS) is 17.7. The van der Waals surface area contributed by atoms with Gasteiger partial charge in [-0.25, -0.2) is 4.68 Å². The lowest BCUT2D eigenvalue weighted by Gasteiger charge is -2.34. The Kier molecular flexibility index (Phi) is 5.10. The third-order valence-electron chi connectivity index (χ3n) is 4.94. The molecule has 1 aliphatic carbocycles. The summed E-state index contributed by atoms with van der Waals surface area (Å²) in [6.07, 6.45) is 4.11. The number of rotatable bonds is 6. The van der Waals surface area contributed by atoms with Crippen LogP contribution in [0.25, 0.3) is 5.69 Å². The Morgan fingerprint density at radius 2 is 1.81 bits per heavy atom. The van der Waals surface area contributed by atoms with Crippen LogP contribution in [-0.4, -0.2) is 80.6 Å². The fraction of sp³-hybridized carbons (Fsp3) is 0.500. The van der Waals surface area contributed by atoms with Crippen molar-refractivity contribution in [2.75, 3.05) is 32.7 Å². The highest BCUT2D eigenvalue weighted by atomic mass is 16.2. The van der Waals surface area contributed by atoms with Crippen LogP contribution in [0.4, 0.5) is 0 Å². The summed E-state index contributed by atoms with van der Waals surface area (Å²) in [5.41, 5.74) is 1.82. The van der Waals surface area contributed by atoms with E-state index >= 15 is 0 Å². The number of amides is 2. The predicted octanol–water partition coefficient (Wildman–Crippen LogP) is -0.372. The lowest BCUT2D eigenvalue weighted by molar-refractivity contribution is -0.132. The molecule has 142 valence electrons. The Balaban J connectivity index is 1.23. The number of hydrogen-bond donors (Lipinski definition) is 1. The summed E-state index contributed by atoms with van der Waals surface area (Å²) in [5.74, 6) is 0.215. The van der Waals surface area contributed by atoms with Crippen LogP contribution < -0.4 is 5.32 Å². The highest BCUT2D eigenvalue weighted by Gasteiger charge is 2.26. The van der Waals surface area contributed by atoms with Crippen LogP contribution >= 0.6 is 0 Å². The molecule has 2 aliphatic rings. The van der Waals surface area contributed by atoms with E-state index in [1.165, 1.54) is 6.33 Å². The fourth-order valence-corrected chi connectivity index (χ4v) is 3.19. The molecule has 4 rings (SSSR count). The quantitative estimate of drug-likeness (QED) is 0.746. The molecule has 1 aliphatic heterocycles. The lowest BCUT2D eigenvalue weighted by atomic mass is 10.1. The van der Waals surface area contributed by atoms with Gasteiger partial charge in [-0.1, -0.05) is 12.1 Å². The van der Waals surface area contributed by atoms with Crippen molar-refractivity contribution in [1.29, 1.82) is 0 Å². The summed E-state index contributed by atoms with van der Waals surface area (Å²) in [7, 11) is 0. The number of benzene rings is 1. The Morgan fingerprint density at radius 3 is 2.44 bits per heavy atom. The molecule has 1 saturated heterocycles. The number of nitrogens with zero attached hydrogens (tertiary/aromatic N) is 6. The fourth-order valence-electron chi connectivity index (χ4n) is 3.19. The number of piperazine rings is 1. The van der Waals surface area contributed by atoms with E-state index in [1.807, 2.05) is 29.2 Å². The second-order valence-corrected chi connectivity index (χ2v) is 7.10. The molecule has 1 aromatic carbocycles. The smallest absolute Gasteiger partial charge is 0.234 e. The van der Waals surface area contributed by atoms with Gasteiger partial charge >= 0.3 is 0 Å². The molecular formula is C18H23N7O2. The summed E-state index contributed by atoms with van der Waals surface area (Å²) in [6, 6.07) is 8.04. The molecule has 0 unspecified atom stereocenters. The van der Waals surface area contributed by atoms with E-state index in [0.717, 1.165) is 37.2 Å². The van der Waals surface area contributed by atoms with E-state index in [2.05, 4.69) is 25.7 Å². The van der Waals surface area contributed by atoms with Crippen LogP contribution in [0.1, 0.15) is 18.4 Å². The second kappa shape index (κ2) is 7.83. The maximum absolute atomic E-state index is 12.6. The SMILES string of the molecule is O=C(CN1CCN(C(=O)Cc2ccc(-n3cnnn3)cc2)CC1)NC1CC1. The van der Waals surface area contributed by atoms with Crippen LogP contribution in [0, 0.1) is 0 Å². The van der Waals surface area contributed by atoms with Gasteiger partial charge in [0.15, 0.2) is 0 Å². The van der Waals surface area contributed by atoms with Gasteiger partial charge in [0.1, 0.15) is 6.33 Å². The van der Waals surface area contributed by atoms with E-state index in [9.17, 15) is 9.59 Å². The summed E-state index contributed by atoms with van der Waals surface area (Å²) >= 11 is 0. The van der Waals surface area contributed by atoms with Crippen LogP contribution in [0.2, 0.25) is 0 Å². The molecular weight excluding hydrogens is 346 g/mol. The Morgan fingerprint density at radius 1 is 1.07 bits per heavy atom. The summed E-state index contributed by atoms with van der Waals surface area (Å²) < 4.78 is 1.57. The monoisotopic (exact) mass is 369 g/mol. The van der Waals surface area contributed by atoms with Crippen molar-refractivity contribution in [2.24, 2.45) is 0 Å². The molecule has 2 fully saturated rings. The van der Waals surface area contributed by atoms with Gasteiger partial charge in [-0.3, -0.25) is 14.5 Å². The van der Waals surface area contributed by atoms with Gasteiger partial charge in [0.05, 0.1) is 18.7 Å². The molecule has 27 heavy (non-hydrogen) atoms. The molecule has 1 aromatic heterocycles. The molecule has 0 atom stereocenters. The number of tetrazole rings is 1. The van der Waals surface area contributed by atoms with Gasteiger partial charge in [-0.05, 0) is 41.0 Å². The molecule has 1 saturated carbocycles. The summed E-state index contributed by atoms with van der Waals surface area (Å²) in [5, 5.41) is 14.1. The standard InChI is InChI=1S/C18H23N7O2/c26-17(20-15-3-4-15)12-23-7-9-24(10-8-23)18(27)11-14-1-5-16(6-2-14)25-13-19-21-22-25/h1-2,5-6,13,15H,3-4,7-12H2,(H,20,26). The first-order chi connectivity index (χ1) is 13.2. The maximum Gasteiger partial charge on any atom is 0.234 e. The van der Waals surface area contributed by atoms with Crippen LogP contribution in [0.3, 0.4) is 0 Å². The Bertz CT molecular complexity index is 779. The minimum atomic E-state index is 0.0972. The van der Waals surface area contributed by atoms with Gasteiger partial charge in [0, 0.05) is 32.2 Å². The maximum atomic E-state index is 12.6. The minimum Gasteiger partial charge on any atom is -0.352 e. The molecule has 2 heterocycles. The van der Waals surface area contributed by atoms with Crippen LogP contribution in [0.15, 0.2) is 30.6 Å². The number of aromatic nitrogens is 4. The summed E-state index contributed by atoms with van der Waals surface area (Å²) in [6.45, 7) is 3.23. The highest BCUT2D eigenvalue weighted by Crippen LogP contribution is 2.18.